The molecule has 2 aromatic rings. The number of nitrogens with zero attached hydrogens (tertiary/aromatic N) is 3. The Labute approximate surface area is 189 Å². The summed E-state index contributed by atoms with van der Waals surface area (Å²) < 4.78 is 5.81. The van der Waals surface area contributed by atoms with Gasteiger partial charge in [0.25, 0.3) is 0 Å². The van der Waals surface area contributed by atoms with Gasteiger partial charge in [-0.3, -0.25) is 14.5 Å². The molecule has 1 N–H and O–H groups in total. The molecule has 1 unspecified atom stereocenters. The van der Waals surface area contributed by atoms with Gasteiger partial charge in [-0.15, -0.1) is 0 Å². The second kappa shape index (κ2) is 11.0. The third-order valence-electron chi connectivity index (χ3n) is 5.76. The van der Waals surface area contributed by atoms with Crippen molar-refractivity contribution in [2.24, 2.45) is 5.10 Å². The molecule has 0 aromatic heterocycles. The zero-order valence-corrected chi connectivity index (χ0v) is 18.3. The molecule has 2 heterocycles. The molecule has 2 aliphatic heterocycles. The molecule has 1 atom stereocenters. The van der Waals surface area contributed by atoms with Gasteiger partial charge in [0.2, 0.25) is 11.8 Å². The predicted molar refractivity (Wildman–Crippen MR) is 123 cm³/mol. The SMILES string of the molecule is O=C(CCC(=O)N1CCC(c2ccccc2)=N1)NCC1CN(Cc2ccccc2)CCO1. The standard InChI is InChI=1S/C25H30N4O3/c30-24(11-12-25(31)29-14-13-23(27-29)21-9-5-2-6-10-21)26-17-22-19-28(15-16-32-22)18-20-7-3-1-4-8-20/h1-10,22H,11-19H2,(H,26,30). The van der Waals surface area contributed by atoms with E-state index in [1.807, 2.05) is 48.5 Å². The molecule has 2 amide bonds. The molecule has 0 aliphatic carbocycles. The number of ether oxygens (including phenoxy) is 1. The van der Waals surface area contributed by atoms with E-state index in [1.54, 1.807) is 0 Å². The van der Waals surface area contributed by atoms with Crippen LogP contribution in [0.3, 0.4) is 0 Å². The van der Waals surface area contributed by atoms with Crippen molar-refractivity contribution in [2.45, 2.75) is 31.9 Å². The van der Waals surface area contributed by atoms with E-state index in [9.17, 15) is 9.59 Å². The molecule has 7 heteroatoms. The Bertz CT molecular complexity index is 933. The number of carbonyl (C=O) groups excluding carboxylic acids is 2. The van der Waals surface area contributed by atoms with Gasteiger partial charge < -0.3 is 10.1 Å². The Morgan fingerprint density at radius 3 is 2.53 bits per heavy atom. The lowest BCUT2D eigenvalue weighted by Crippen LogP contribution is -2.47. The first-order chi connectivity index (χ1) is 15.7. The molecule has 2 aromatic carbocycles. The normalized spacial score (nSPS) is 18.9. The smallest absolute Gasteiger partial charge is 0.243 e. The van der Waals surface area contributed by atoms with Crippen LogP contribution < -0.4 is 5.32 Å². The van der Waals surface area contributed by atoms with Crippen molar-refractivity contribution in [1.29, 1.82) is 0 Å². The molecular weight excluding hydrogens is 404 g/mol. The predicted octanol–water partition coefficient (Wildman–Crippen LogP) is 2.42. The largest absolute Gasteiger partial charge is 0.374 e. The van der Waals surface area contributed by atoms with E-state index in [2.05, 4.69) is 27.5 Å². The van der Waals surface area contributed by atoms with Crippen LogP contribution in [0.15, 0.2) is 65.8 Å². The summed E-state index contributed by atoms with van der Waals surface area (Å²) in [7, 11) is 0. The second-order valence-corrected chi connectivity index (χ2v) is 8.20. The van der Waals surface area contributed by atoms with E-state index in [1.165, 1.54) is 10.6 Å². The second-order valence-electron chi connectivity index (χ2n) is 8.20. The minimum absolute atomic E-state index is 0.0382. The fraction of sp³-hybridized carbons (Fsp3) is 0.400. The van der Waals surface area contributed by atoms with E-state index in [-0.39, 0.29) is 30.8 Å². The number of rotatable bonds is 8. The van der Waals surface area contributed by atoms with Gasteiger partial charge in [0, 0.05) is 45.4 Å². The Morgan fingerprint density at radius 2 is 1.75 bits per heavy atom. The highest BCUT2D eigenvalue weighted by atomic mass is 16.5. The Balaban J connectivity index is 1.17. The lowest BCUT2D eigenvalue weighted by atomic mass is 10.1. The number of nitrogens with one attached hydrogen (secondary N) is 1. The van der Waals surface area contributed by atoms with Gasteiger partial charge in [0.15, 0.2) is 0 Å². The highest BCUT2D eigenvalue weighted by Gasteiger charge is 2.23. The summed E-state index contributed by atoms with van der Waals surface area (Å²) in [6.45, 7) is 4.22. The van der Waals surface area contributed by atoms with E-state index in [0.29, 0.717) is 19.7 Å². The van der Waals surface area contributed by atoms with Crippen molar-refractivity contribution in [2.75, 3.05) is 32.8 Å². The summed E-state index contributed by atoms with van der Waals surface area (Å²) in [5.74, 6) is -0.248. The summed E-state index contributed by atoms with van der Waals surface area (Å²) in [6, 6.07) is 20.2. The van der Waals surface area contributed by atoms with E-state index in [4.69, 9.17) is 4.74 Å². The maximum absolute atomic E-state index is 12.5. The molecule has 0 spiro atoms. The van der Waals surface area contributed by atoms with E-state index in [0.717, 1.165) is 37.3 Å². The molecule has 0 bridgehead atoms. The molecule has 32 heavy (non-hydrogen) atoms. The average Bonchev–Trinajstić information content (AvgIpc) is 3.33. The van der Waals surface area contributed by atoms with Crippen LogP contribution in [0.25, 0.3) is 0 Å². The van der Waals surface area contributed by atoms with Crippen LogP contribution in [0.4, 0.5) is 0 Å². The van der Waals surface area contributed by atoms with Gasteiger partial charge in [0.05, 0.1) is 25.0 Å². The summed E-state index contributed by atoms with van der Waals surface area (Å²) >= 11 is 0. The van der Waals surface area contributed by atoms with Crippen molar-refractivity contribution < 1.29 is 14.3 Å². The number of morpholine rings is 1. The number of amides is 2. The van der Waals surface area contributed by atoms with Crippen molar-refractivity contribution in [3.05, 3.63) is 71.8 Å². The summed E-state index contributed by atoms with van der Waals surface area (Å²) in [4.78, 5) is 27.1. The lowest BCUT2D eigenvalue weighted by molar-refractivity contribution is -0.133. The van der Waals surface area contributed by atoms with Crippen LogP contribution in [0, 0.1) is 0 Å². The van der Waals surface area contributed by atoms with Gasteiger partial charge in [-0.1, -0.05) is 60.7 Å². The molecule has 4 rings (SSSR count). The fourth-order valence-corrected chi connectivity index (χ4v) is 4.03. The van der Waals surface area contributed by atoms with E-state index < -0.39 is 0 Å². The van der Waals surface area contributed by atoms with Gasteiger partial charge in [-0.05, 0) is 11.1 Å². The molecule has 0 saturated carbocycles. The Morgan fingerprint density at radius 1 is 1.00 bits per heavy atom. The van der Waals surface area contributed by atoms with Crippen LogP contribution in [0.2, 0.25) is 0 Å². The first-order valence-electron chi connectivity index (χ1n) is 11.3. The summed E-state index contributed by atoms with van der Waals surface area (Å²) in [5.41, 5.74) is 3.22. The van der Waals surface area contributed by atoms with Crippen LogP contribution in [0.1, 0.15) is 30.4 Å². The van der Waals surface area contributed by atoms with Crippen molar-refractivity contribution in [3.63, 3.8) is 0 Å². The van der Waals surface area contributed by atoms with Crippen molar-refractivity contribution in [1.82, 2.24) is 15.2 Å². The number of hydrazone groups is 1. The molecule has 1 saturated heterocycles. The van der Waals surface area contributed by atoms with Crippen molar-refractivity contribution >= 4 is 17.5 Å². The zero-order valence-electron chi connectivity index (χ0n) is 18.3. The fourth-order valence-electron chi connectivity index (χ4n) is 4.03. The third kappa shape index (κ3) is 6.24. The number of hydrogen-bond donors (Lipinski definition) is 1. The van der Waals surface area contributed by atoms with Crippen LogP contribution in [-0.2, 0) is 20.9 Å². The minimum atomic E-state index is -0.131. The van der Waals surface area contributed by atoms with E-state index >= 15 is 0 Å². The molecule has 7 nitrogen and oxygen atoms in total. The quantitative estimate of drug-likeness (QED) is 0.693. The maximum Gasteiger partial charge on any atom is 0.243 e. The Hall–Kier alpha value is -3.03. The highest BCUT2D eigenvalue weighted by Crippen LogP contribution is 2.15. The maximum atomic E-state index is 12.5. The van der Waals surface area contributed by atoms with Gasteiger partial charge >= 0.3 is 0 Å². The lowest BCUT2D eigenvalue weighted by Gasteiger charge is -2.33. The third-order valence-corrected chi connectivity index (χ3v) is 5.76. The number of hydrogen-bond acceptors (Lipinski definition) is 5. The monoisotopic (exact) mass is 434 g/mol. The van der Waals surface area contributed by atoms with Gasteiger partial charge in [0.1, 0.15) is 0 Å². The van der Waals surface area contributed by atoms with Crippen LogP contribution >= 0.6 is 0 Å². The van der Waals surface area contributed by atoms with Crippen molar-refractivity contribution in [3.8, 4) is 0 Å². The molecule has 1 fully saturated rings. The first-order valence-corrected chi connectivity index (χ1v) is 11.3. The number of benzene rings is 2. The van der Waals surface area contributed by atoms with Gasteiger partial charge in [-0.2, -0.15) is 5.10 Å². The molecular formula is C25H30N4O3. The van der Waals surface area contributed by atoms with Crippen LogP contribution in [0.5, 0.6) is 0 Å². The summed E-state index contributed by atoms with van der Waals surface area (Å²) in [6.07, 6.45) is 1.01. The topological polar surface area (TPSA) is 74.2 Å². The minimum Gasteiger partial charge on any atom is -0.374 e. The number of carbonyl (C=O) groups is 2. The molecule has 168 valence electrons. The first kappa shape index (κ1) is 22.2. The summed E-state index contributed by atoms with van der Waals surface area (Å²) in [5, 5.41) is 8.85. The Kier molecular flexibility index (Phi) is 7.64. The average molecular weight is 435 g/mol. The highest BCUT2D eigenvalue weighted by molar-refractivity contribution is 6.02. The molecule has 2 aliphatic rings. The van der Waals surface area contributed by atoms with Crippen LogP contribution in [-0.4, -0.2) is 66.3 Å². The molecule has 0 radical (unpaired) electrons. The van der Waals surface area contributed by atoms with Gasteiger partial charge in [-0.25, -0.2) is 5.01 Å². The zero-order chi connectivity index (χ0) is 22.2.